The van der Waals surface area contributed by atoms with Gasteiger partial charge in [0.15, 0.2) is 0 Å². The van der Waals surface area contributed by atoms with Gasteiger partial charge >= 0.3 is 5.97 Å². The van der Waals surface area contributed by atoms with E-state index in [9.17, 15) is 18.0 Å². The summed E-state index contributed by atoms with van der Waals surface area (Å²) in [4.78, 5) is 21.8. The molecule has 7 heteroatoms. The second kappa shape index (κ2) is 6.26. The molecule has 0 aliphatic rings. The Labute approximate surface area is 94.3 Å². The summed E-state index contributed by atoms with van der Waals surface area (Å²) in [7, 11) is -3.24. The lowest BCUT2D eigenvalue weighted by molar-refractivity contribution is -0.141. The van der Waals surface area contributed by atoms with E-state index in [4.69, 9.17) is 5.11 Å². The van der Waals surface area contributed by atoms with Crippen LogP contribution in [0, 0.1) is 0 Å². The Morgan fingerprint density at radius 2 is 2.06 bits per heavy atom. The van der Waals surface area contributed by atoms with Gasteiger partial charge < -0.3 is 10.4 Å². The van der Waals surface area contributed by atoms with Crippen molar-refractivity contribution in [1.29, 1.82) is 0 Å². The molecule has 0 saturated heterocycles. The van der Waals surface area contributed by atoms with Crippen molar-refractivity contribution in [3.63, 3.8) is 0 Å². The van der Waals surface area contributed by atoms with Gasteiger partial charge in [0.1, 0.15) is 15.9 Å². The zero-order valence-corrected chi connectivity index (χ0v) is 9.79. The zero-order valence-electron chi connectivity index (χ0n) is 8.97. The van der Waals surface area contributed by atoms with Gasteiger partial charge in [-0.1, -0.05) is 6.08 Å². The van der Waals surface area contributed by atoms with Crippen molar-refractivity contribution >= 4 is 21.7 Å². The first-order valence-electron chi connectivity index (χ1n) is 4.57. The lowest BCUT2D eigenvalue weighted by Gasteiger charge is -2.13. The van der Waals surface area contributed by atoms with Crippen molar-refractivity contribution in [2.45, 2.75) is 18.9 Å². The van der Waals surface area contributed by atoms with Gasteiger partial charge in [-0.15, -0.1) is 6.58 Å². The summed E-state index contributed by atoms with van der Waals surface area (Å²) in [6.07, 6.45) is 2.21. The van der Waals surface area contributed by atoms with Gasteiger partial charge in [0.25, 0.3) is 0 Å². The number of amides is 1. The molecule has 0 aliphatic carbocycles. The van der Waals surface area contributed by atoms with E-state index in [1.165, 1.54) is 6.08 Å². The smallest absolute Gasteiger partial charge is 0.326 e. The van der Waals surface area contributed by atoms with Crippen molar-refractivity contribution in [2.75, 3.05) is 12.0 Å². The molecule has 2 N–H and O–H groups in total. The number of hydrogen-bond donors (Lipinski definition) is 2. The van der Waals surface area contributed by atoms with Crippen LogP contribution in [0.3, 0.4) is 0 Å². The highest BCUT2D eigenvalue weighted by atomic mass is 32.2. The maximum absolute atomic E-state index is 11.1. The van der Waals surface area contributed by atoms with E-state index in [2.05, 4.69) is 11.9 Å². The number of carboxylic acids is 1. The van der Waals surface area contributed by atoms with Crippen molar-refractivity contribution in [3.05, 3.63) is 12.7 Å². The molecule has 0 heterocycles. The second-order valence-corrected chi connectivity index (χ2v) is 5.63. The number of hydrogen-bond acceptors (Lipinski definition) is 4. The van der Waals surface area contributed by atoms with Crippen molar-refractivity contribution < 1.29 is 23.1 Å². The van der Waals surface area contributed by atoms with Gasteiger partial charge in [-0.05, 0) is 6.42 Å². The van der Waals surface area contributed by atoms with E-state index < -0.39 is 27.8 Å². The van der Waals surface area contributed by atoms with E-state index in [0.29, 0.717) is 0 Å². The summed E-state index contributed by atoms with van der Waals surface area (Å²) in [5, 5.41) is 11.0. The van der Waals surface area contributed by atoms with Gasteiger partial charge in [-0.2, -0.15) is 0 Å². The molecule has 0 aromatic rings. The van der Waals surface area contributed by atoms with Crippen LogP contribution in [0.15, 0.2) is 12.7 Å². The van der Waals surface area contributed by atoms with Gasteiger partial charge in [-0.3, -0.25) is 4.79 Å². The molecule has 1 unspecified atom stereocenters. The first kappa shape index (κ1) is 14.6. The first-order valence-corrected chi connectivity index (χ1v) is 6.63. The topological polar surface area (TPSA) is 101 Å². The predicted molar refractivity (Wildman–Crippen MR) is 58.7 cm³/mol. The summed E-state index contributed by atoms with van der Waals surface area (Å²) in [6.45, 7) is 3.33. The number of aliphatic carboxylic acids is 1. The summed E-state index contributed by atoms with van der Waals surface area (Å²) in [5.41, 5.74) is 0. The first-order chi connectivity index (χ1) is 7.26. The van der Waals surface area contributed by atoms with E-state index in [1.54, 1.807) is 0 Å². The molecule has 0 fully saturated rings. The number of carbonyl (C=O) groups is 2. The molecule has 0 spiro atoms. The maximum atomic E-state index is 11.1. The third kappa shape index (κ3) is 6.99. The molecule has 92 valence electrons. The second-order valence-electron chi connectivity index (χ2n) is 3.37. The van der Waals surface area contributed by atoms with Crippen LogP contribution in [0.5, 0.6) is 0 Å². The number of carbonyl (C=O) groups excluding carboxylic acids is 1. The third-order valence-corrected chi connectivity index (χ3v) is 2.72. The Bertz CT molecular complexity index is 373. The fourth-order valence-electron chi connectivity index (χ4n) is 0.974. The van der Waals surface area contributed by atoms with Crippen LogP contribution in [-0.2, 0) is 19.4 Å². The Morgan fingerprint density at radius 3 is 2.44 bits per heavy atom. The predicted octanol–water partition coefficient (Wildman–Crippen LogP) is -0.433. The summed E-state index contributed by atoms with van der Waals surface area (Å²) in [6, 6.07) is -1.18. The van der Waals surface area contributed by atoms with E-state index in [1.807, 2.05) is 0 Å². The molecule has 6 nitrogen and oxygen atoms in total. The quantitative estimate of drug-likeness (QED) is 0.596. The normalized spacial score (nSPS) is 12.8. The van der Waals surface area contributed by atoms with Crippen LogP contribution < -0.4 is 5.32 Å². The Balaban J connectivity index is 4.34. The highest BCUT2D eigenvalue weighted by Crippen LogP contribution is 1.98. The van der Waals surface area contributed by atoms with E-state index >= 15 is 0 Å². The van der Waals surface area contributed by atoms with E-state index in [-0.39, 0.29) is 18.6 Å². The molecular weight excluding hydrogens is 234 g/mol. The van der Waals surface area contributed by atoms with Crippen LogP contribution in [0.2, 0.25) is 0 Å². The lowest BCUT2D eigenvalue weighted by atomic mass is 10.2. The number of rotatable bonds is 7. The molecule has 0 aromatic carbocycles. The fourth-order valence-corrected chi connectivity index (χ4v) is 1.64. The van der Waals surface area contributed by atoms with Gasteiger partial charge in [0.05, 0.1) is 5.75 Å². The molecule has 0 rings (SSSR count). The van der Waals surface area contributed by atoms with Crippen LogP contribution in [0.25, 0.3) is 0 Å². The molecule has 0 radical (unpaired) electrons. The molecule has 0 bridgehead atoms. The average molecular weight is 249 g/mol. The lowest BCUT2D eigenvalue weighted by Crippen LogP contribution is -2.41. The summed E-state index contributed by atoms with van der Waals surface area (Å²) < 4.78 is 21.7. The fraction of sp³-hybridized carbons (Fsp3) is 0.556. The van der Waals surface area contributed by atoms with Crippen LogP contribution >= 0.6 is 0 Å². The van der Waals surface area contributed by atoms with Gasteiger partial charge in [-0.25, -0.2) is 13.2 Å². The summed E-state index contributed by atoms with van der Waals surface area (Å²) in [5.74, 6) is -2.02. The number of carboxylic acid groups (broad SMARTS) is 1. The summed E-state index contributed by atoms with van der Waals surface area (Å²) >= 11 is 0. The molecule has 0 aromatic heterocycles. The number of nitrogens with one attached hydrogen (secondary N) is 1. The Morgan fingerprint density at radius 1 is 1.50 bits per heavy atom. The Kier molecular flexibility index (Phi) is 5.73. The average Bonchev–Trinajstić information content (AvgIpc) is 2.10. The van der Waals surface area contributed by atoms with Crippen LogP contribution in [0.1, 0.15) is 12.8 Å². The van der Waals surface area contributed by atoms with E-state index in [0.717, 1.165) is 6.26 Å². The van der Waals surface area contributed by atoms with Crippen molar-refractivity contribution in [1.82, 2.24) is 5.32 Å². The largest absolute Gasteiger partial charge is 0.480 e. The maximum Gasteiger partial charge on any atom is 0.326 e. The SMILES string of the molecule is C=CCC(=O)NC(CCS(C)(=O)=O)C(=O)O. The molecule has 1 atom stereocenters. The minimum atomic E-state index is -3.24. The molecule has 16 heavy (non-hydrogen) atoms. The standard InChI is InChI=1S/C9H15NO5S/c1-3-4-8(11)10-7(9(12)13)5-6-16(2,14)15/h3,7H,1,4-6H2,2H3,(H,10,11)(H,12,13). The van der Waals surface area contributed by atoms with Crippen molar-refractivity contribution in [3.8, 4) is 0 Å². The minimum absolute atomic E-state index is 0.00263. The Hall–Kier alpha value is -1.37. The molecule has 1 amide bonds. The van der Waals surface area contributed by atoms with Gasteiger partial charge in [0.2, 0.25) is 5.91 Å². The molecule has 0 aliphatic heterocycles. The minimum Gasteiger partial charge on any atom is -0.480 e. The van der Waals surface area contributed by atoms with Crippen LogP contribution in [-0.4, -0.2) is 43.5 Å². The molecule has 0 saturated carbocycles. The third-order valence-electron chi connectivity index (χ3n) is 1.74. The molecular formula is C9H15NO5S. The van der Waals surface area contributed by atoms with Gasteiger partial charge in [0, 0.05) is 12.7 Å². The number of sulfone groups is 1. The highest BCUT2D eigenvalue weighted by Gasteiger charge is 2.20. The van der Waals surface area contributed by atoms with Crippen molar-refractivity contribution in [2.24, 2.45) is 0 Å². The monoisotopic (exact) mass is 249 g/mol. The van der Waals surface area contributed by atoms with Crippen LogP contribution in [0.4, 0.5) is 0 Å². The highest BCUT2D eigenvalue weighted by molar-refractivity contribution is 7.90. The zero-order chi connectivity index (χ0) is 12.8.